The van der Waals surface area contributed by atoms with E-state index >= 15 is 0 Å². The van der Waals surface area contributed by atoms with Gasteiger partial charge in [-0.25, -0.2) is 0 Å². The van der Waals surface area contributed by atoms with Crippen LogP contribution in [0.4, 0.5) is 0 Å². The second kappa shape index (κ2) is 4.97. The highest BCUT2D eigenvalue weighted by atomic mass is 16.3. The molecule has 106 valence electrons. The van der Waals surface area contributed by atoms with Crippen molar-refractivity contribution in [3.63, 3.8) is 0 Å². The van der Waals surface area contributed by atoms with Crippen LogP contribution in [0.15, 0.2) is 16.7 Å². The maximum absolute atomic E-state index is 12.3. The van der Waals surface area contributed by atoms with Gasteiger partial charge in [0.1, 0.15) is 5.58 Å². The van der Waals surface area contributed by atoms with Gasteiger partial charge in [-0.1, -0.05) is 6.07 Å². The minimum atomic E-state index is 0.225. The van der Waals surface area contributed by atoms with Gasteiger partial charge in [0.25, 0.3) is 0 Å². The van der Waals surface area contributed by atoms with Gasteiger partial charge in [0.2, 0.25) is 5.91 Å². The van der Waals surface area contributed by atoms with E-state index in [-0.39, 0.29) is 5.91 Å². The summed E-state index contributed by atoms with van der Waals surface area (Å²) in [5, 5.41) is 1.13. The molecule has 1 amide bonds. The SMILES string of the molecule is Cc1cc(C)c2c(CC(=O)N3CCCC3)coc2c1C. The third kappa shape index (κ3) is 2.11. The van der Waals surface area contributed by atoms with Gasteiger partial charge in [-0.15, -0.1) is 0 Å². The van der Waals surface area contributed by atoms with Crippen molar-refractivity contribution < 1.29 is 9.21 Å². The van der Waals surface area contributed by atoms with Crippen LogP contribution in [-0.2, 0) is 11.2 Å². The highest BCUT2D eigenvalue weighted by Crippen LogP contribution is 2.30. The number of aryl methyl sites for hydroxylation is 3. The summed E-state index contributed by atoms with van der Waals surface area (Å²) in [4.78, 5) is 14.3. The molecule has 0 bridgehead atoms. The second-order valence-corrected chi connectivity index (χ2v) is 5.87. The van der Waals surface area contributed by atoms with Crippen molar-refractivity contribution in [1.29, 1.82) is 0 Å². The van der Waals surface area contributed by atoms with Crippen LogP contribution in [0.25, 0.3) is 11.0 Å². The predicted molar refractivity (Wildman–Crippen MR) is 79.9 cm³/mol. The molecular formula is C17H21NO2. The maximum atomic E-state index is 12.3. The molecule has 0 N–H and O–H groups in total. The summed E-state index contributed by atoms with van der Waals surface area (Å²) < 4.78 is 5.73. The molecule has 0 radical (unpaired) electrons. The highest BCUT2D eigenvalue weighted by Gasteiger charge is 2.21. The van der Waals surface area contributed by atoms with E-state index in [0.29, 0.717) is 6.42 Å². The average Bonchev–Trinajstić information content (AvgIpc) is 3.05. The Morgan fingerprint density at radius 3 is 2.60 bits per heavy atom. The lowest BCUT2D eigenvalue weighted by atomic mass is 9.99. The Kier molecular flexibility index (Phi) is 3.28. The zero-order valence-electron chi connectivity index (χ0n) is 12.5. The minimum Gasteiger partial charge on any atom is -0.464 e. The van der Waals surface area contributed by atoms with Crippen molar-refractivity contribution in [3.8, 4) is 0 Å². The van der Waals surface area contributed by atoms with Crippen molar-refractivity contribution in [1.82, 2.24) is 4.90 Å². The van der Waals surface area contributed by atoms with Gasteiger partial charge in [-0.2, -0.15) is 0 Å². The lowest BCUT2D eigenvalue weighted by molar-refractivity contribution is -0.129. The largest absolute Gasteiger partial charge is 0.464 e. The van der Waals surface area contributed by atoms with Crippen LogP contribution in [-0.4, -0.2) is 23.9 Å². The molecule has 3 nitrogen and oxygen atoms in total. The first-order valence-corrected chi connectivity index (χ1v) is 7.32. The quantitative estimate of drug-likeness (QED) is 0.837. The van der Waals surface area contributed by atoms with Crippen LogP contribution in [0.1, 0.15) is 35.1 Å². The first kappa shape index (κ1) is 13.2. The van der Waals surface area contributed by atoms with Crippen molar-refractivity contribution in [2.75, 3.05) is 13.1 Å². The fourth-order valence-electron chi connectivity index (χ4n) is 3.16. The third-order valence-electron chi connectivity index (χ3n) is 4.43. The lowest BCUT2D eigenvalue weighted by Gasteiger charge is -2.14. The van der Waals surface area contributed by atoms with E-state index in [1.165, 1.54) is 16.7 Å². The molecule has 1 fully saturated rings. The van der Waals surface area contributed by atoms with Crippen LogP contribution >= 0.6 is 0 Å². The number of amides is 1. The number of likely N-dealkylation sites (tertiary alicyclic amines) is 1. The first-order valence-electron chi connectivity index (χ1n) is 7.32. The number of hydrogen-bond acceptors (Lipinski definition) is 2. The van der Waals surface area contributed by atoms with Crippen molar-refractivity contribution in [3.05, 3.63) is 34.6 Å². The normalized spacial score (nSPS) is 15.2. The molecule has 0 unspecified atom stereocenters. The molecule has 1 aromatic carbocycles. The standard InChI is InChI=1S/C17H21NO2/c1-11-8-12(2)16-14(10-20-17(16)13(11)3)9-15(19)18-6-4-5-7-18/h8,10H,4-7,9H2,1-3H3. The smallest absolute Gasteiger partial charge is 0.227 e. The van der Waals surface area contributed by atoms with Crippen LogP contribution in [0.3, 0.4) is 0 Å². The Morgan fingerprint density at radius 1 is 1.20 bits per heavy atom. The van der Waals surface area contributed by atoms with E-state index in [2.05, 4.69) is 26.8 Å². The summed E-state index contributed by atoms with van der Waals surface area (Å²) in [7, 11) is 0. The topological polar surface area (TPSA) is 33.5 Å². The Balaban J connectivity index is 1.96. The average molecular weight is 271 g/mol. The molecule has 1 aliphatic heterocycles. The number of benzene rings is 1. The fraction of sp³-hybridized carbons (Fsp3) is 0.471. The molecule has 1 aliphatic rings. The minimum absolute atomic E-state index is 0.225. The van der Waals surface area contributed by atoms with Crippen molar-refractivity contribution >= 4 is 16.9 Å². The molecule has 3 rings (SSSR count). The van der Waals surface area contributed by atoms with Crippen molar-refractivity contribution in [2.45, 2.75) is 40.0 Å². The molecule has 0 saturated carbocycles. The van der Waals surface area contributed by atoms with Crippen LogP contribution in [0.5, 0.6) is 0 Å². The number of carbonyl (C=O) groups is 1. The molecule has 1 saturated heterocycles. The lowest BCUT2D eigenvalue weighted by Crippen LogP contribution is -2.28. The number of carbonyl (C=O) groups excluding carboxylic acids is 1. The number of hydrogen-bond donors (Lipinski definition) is 0. The number of furan rings is 1. The molecule has 0 spiro atoms. The highest BCUT2D eigenvalue weighted by molar-refractivity contribution is 5.92. The van der Waals surface area contributed by atoms with Gasteiger partial charge in [-0.05, 0) is 50.3 Å². The summed E-state index contributed by atoms with van der Waals surface area (Å²) in [6.45, 7) is 8.08. The van der Waals surface area contributed by atoms with E-state index in [9.17, 15) is 4.79 Å². The summed E-state index contributed by atoms with van der Waals surface area (Å²) >= 11 is 0. The van der Waals surface area contributed by atoms with E-state index in [1.807, 2.05) is 4.90 Å². The second-order valence-electron chi connectivity index (χ2n) is 5.87. The van der Waals surface area contributed by atoms with Gasteiger partial charge in [0.15, 0.2) is 0 Å². The van der Waals surface area contributed by atoms with Crippen LogP contribution in [0.2, 0.25) is 0 Å². The molecule has 0 aliphatic carbocycles. The number of fused-ring (bicyclic) bond motifs is 1. The summed E-state index contributed by atoms with van der Waals surface area (Å²) in [5.74, 6) is 0.225. The Bertz CT molecular complexity index is 663. The Hall–Kier alpha value is -1.77. The van der Waals surface area contributed by atoms with Crippen LogP contribution < -0.4 is 0 Å². The van der Waals surface area contributed by atoms with Gasteiger partial charge >= 0.3 is 0 Å². The van der Waals surface area contributed by atoms with Crippen LogP contribution in [0, 0.1) is 20.8 Å². The Labute approximate surface area is 119 Å². The molecule has 3 heteroatoms. The maximum Gasteiger partial charge on any atom is 0.227 e. The molecular weight excluding hydrogens is 250 g/mol. The molecule has 1 aromatic heterocycles. The van der Waals surface area contributed by atoms with Gasteiger partial charge in [0.05, 0.1) is 12.7 Å². The fourth-order valence-corrected chi connectivity index (χ4v) is 3.16. The summed E-state index contributed by atoms with van der Waals surface area (Å²) in [6, 6.07) is 2.18. The van der Waals surface area contributed by atoms with E-state index < -0.39 is 0 Å². The monoisotopic (exact) mass is 271 g/mol. The summed E-state index contributed by atoms with van der Waals surface area (Å²) in [5.41, 5.74) is 5.57. The zero-order chi connectivity index (χ0) is 14.3. The van der Waals surface area contributed by atoms with Crippen molar-refractivity contribution in [2.24, 2.45) is 0 Å². The van der Waals surface area contributed by atoms with E-state index in [0.717, 1.165) is 42.5 Å². The predicted octanol–water partition coefficient (Wildman–Crippen LogP) is 3.52. The molecule has 2 heterocycles. The number of nitrogens with zero attached hydrogens (tertiary/aromatic N) is 1. The van der Waals surface area contributed by atoms with E-state index in [1.54, 1.807) is 6.26 Å². The Morgan fingerprint density at radius 2 is 1.90 bits per heavy atom. The third-order valence-corrected chi connectivity index (χ3v) is 4.43. The first-order chi connectivity index (χ1) is 9.58. The zero-order valence-corrected chi connectivity index (χ0v) is 12.5. The van der Waals surface area contributed by atoms with Gasteiger partial charge in [-0.3, -0.25) is 4.79 Å². The van der Waals surface area contributed by atoms with Gasteiger partial charge in [0, 0.05) is 24.0 Å². The van der Waals surface area contributed by atoms with Gasteiger partial charge < -0.3 is 9.32 Å². The molecule has 20 heavy (non-hydrogen) atoms. The molecule has 0 atom stereocenters. The molecule has 2 aromatic rings. The van der Waals surface area contributed by atoms with E-state index in [4.69, 9.17) is 4.42 Å². The number of rotatable bonds is 2. The summed E-state index contributed by atoms with van der Waals surface area (Å²) in [6.07, 6.45) is 4.48.